The highest BCUT2D eigenvalue weighted by Gasteiger charge is 2.15. The average Bonchev–Trinajstić information content (AvgIpc) is 2.76. The van der Waals surface area contributed by atoms with Crippen LogP contribution in [0, 0.1) is 0 Å². The van der Waals surface area contributed by atoms with Crippen LogP contribution in [0.5, 0.6) is 0 Å². The van der Waals surface area contributed by atoms with Crippen LogP contribution >= 0.6 is 0 Å². The van der Waals surface area contributed by atoms with Gasteiger partial charge < -0.3 is 5.32 Å². The quantitative estimate of drug-likeness (QED) is 0.727. The highest BCUT2D eigenvalue weighted by atomic mass is 16.2. The second-order valence-electron chi connectivity index (χ2n) is 7.66. The van der Waals surface area contributed by atoms with Crippen LogP contribution < -0.4 is 10.9 Å². The Kier molecular flexibility index (Phi) is 5.71. The molecule has 4 rings (SSSR count). The normalized spacial score (nSPS) is 14.8. The molecule has 0 bridgehead atoms. The number of hydrogen-bond donors (Lipinski definition) is 1. The lowest BCUT2D eigenvalue weighted by Crippen LogP contribution is -2.29. The van der Waals surface area contributed by atoms with E-state index in [0.717, 1.165) is 12.1 Å². The lowest BCUT2D eigenvalue weighted by Gasteiger charge is -2.26. The number of benzene rings is 2. The molecule has 2 aromatic carbocycles. The minimum absolute atomic E-state index is 0.207. The van der Waals surface area contributed by atoms with Gasteiger partial charge in [-0.25, -0.2) is 4.68 Å². The molecule has 1 fully saturated rings. The van der Waals surface area contributed by atoms with Gasteiger partial charge in [-0.3, -0.25) is 14.5 Å². The number of carbonyl (C=O) groups is 1. The van der Waals surface area contributed by atoms with E-state index in [2.05, 4.69) is 39.6 Å². The zero-order chi connectivity index (χ0) is 20.2. The molecule has 150 valence electrons. The van der Waals surface area contributed by atoms with E-state index in [0.29, 0.717) is 17.3 Å². The van der Waals surface area contributed by atoms with E-state index in [9.17, 15) is 9.59 Å². The first-order valence-electron chi connectivity index (χ1n) is 10.2. The molecule has 1 saturated heterocycles. The summed E-state index contributed by atoms with van der Waals surface area (Å²) >= 11 is 0. The number of aryl methyl sites for hydroxylation is 1. The number of amides is 1. The van der Waals surface area contributed by atoms with Crippen molar-refractivity contribution in [1.82, 2.24) is 20.0 Å². The fourth-order valence-electron chi connectivity index (χ4n) is 3.87. The SMILES string of the molecule is Cn1nc(C(=O)NCc2ccc(CN3CCCCC3)cc2)c2ccccc2c1=O. The number of rotatable bonds is 5. The van der Waals surface area contributed by atoms with E-state index in [-0.39, 0.29) is 17.2 Å². The fourth-order valence-corrected chi connectivity index (χ4v) is 3.87. The molecular weight excluding hydrogens is 364 g/mol. The van der Waals surface area contributed by atoms with Crippen molar-refractivity contribution in [1.29, 1.82) is 0 Å². The molecular formula is C23H26N4O2. The summed E-state index contributed by atoms with van der Waals surface area (Å²) in [7, 11) is 1.56. The van der Waals surface area contributed by atoms with E-state index >= 15 is 0 Å². The lowest BCUT2D eigenvalue weighted by atomic mass is 10.1. The minimum atomic E-state index is -0.283. The second-order valence-corrected chi connectivity index (χ2v) is 7.66. The lowest BCUT2D eigenvalue weighted by molar-refractivity contribution is 0.0945. The molecule has 29 heavy (non-hydrogen) atoms. The molecule has 0 radical (unpaired) electrons. The molecule has 6 heteroatoms. The molecule has 2 heterocycles. The topological polar surface area (TPSA) is 67.2 Å². The summed E-state index contributed by atoms with van der Waals surface area (Å²) in [5.74, 6) is -0.283. The Morgan fingerprint density at radius 2 is 1.62 bits per heavy atom. The first-order valence-corrected chi connectivity index (χ1v) is 10.2. The second kappa shape index (κ2) is 8.57. The monoisotopic (exact) mass is 390 g/mol. The largest absolute Gasteiger partial charge is 0.347 e. The van der Waals surface area contributed by atoms with Crippen molar-refractivity contribution >= 4 is 16.7 Å². The summed E-state index contributed by atoms with van der Waals surface area (Å²) < 4.78 is 1.21. The number of carbonyl (C=O) groups excluding carboxylic acids is 1. The Morgan fingerprint density at radius 3 is 2.34 bits per heavy atom. The number of nitrogens with one attached hydrogen (secondary N) is 1. The van der Waals surface area contributed by atoms with Crippen molar-refractivity contribution < 1.29 is 4.79 Å². The van der Waals surface area contributed by atoms with Crippen molar-refractivity contribution in [2.45, 2.75) is 32.4 Å². The highest BCUT2D eigenvalue weighted by Crippen LogP contribution is 2.15. The number of piperidine rings is 1. The maximum atomic E-state index is 12.7. The maximum absolute atomic E-state index is 12.7. The third-order valence-corrected chi connectivity index (χ3v) is 5.50. The van der Waals surface area contributed by atoms with Crippen molar-refractivity contribution in [3.63, 3.8) is 0 Å². The molecule has 1 N–H and O–H groups in total. The van der Waals surface area contributed by atoms with Gasteiger partial charge in [-0.1, -0.05) is 48.9 Å². The number of aromatic nitrogens is 2. The van der Waals surface area contributed by atoms with Crippen molar-refractivity contribution in [3.8, 4) is 0 Å². The van der Waals surface area contributed by atoms with Crippen LogP contribution in [0.15, 0.2) is 53.3 Å². The first kappa shape index (κ1) is 19.3. The predicted octanol–water partition coefficient (Wildman–Crippen LogP) is 2.85. The van der Waals surface area contributed by atoms with Crippen LogP contribution in [0.3, 0.4) is 0 Å². The van der Waals surface area contributed by atoms with Crippen LogP contribution in [-0.4, -0.2) is 33.7 Å². The summed E-state index contributed by atoms with van der Waals surface area (Å²) in [5.41, 5.74) is 2.40. The van der Waals surface area contributed by atoms with Gasteiger partial charge in [-0.2, -0.15) is 5.10 Å². The maximum Gasteiger partial charge on any atom is 0.274 e. The molecule has 0 spiro atoms. The van der Waals surface area contributed by atoms with Crippen molar-refractivity contribution in [3.05, 3.63) is 75.7 Å². The zero-order valence-corrected chi connectivity index (χ0v) is 16.7. The van der Waals surface area contributed by atoms with Gasteiger partial charge in [0.2, 0.25) is 0 Å². The minimum Gasteiger partial charge on any atom is -0.347 e. The van der Waals surface area contributed by atoms with Crippen LogP contribution in [0.2, 0.25) is 0 Å². The first-order chi connectivity index (χ1) is 14.1. The molecule has 0 aliphatic carbocycles. The Balaban J connectivity index is 1.43. The van der Waals surface area contributed by atoms with Crippen molar-refractivity contribution in [2.24, 2.45) is 7.05 Å². The number of hydrogen-bond acceptors (Lipinski definition) is 4. The Hall–Kier alpha value is -2.99. The Labute approximate surface area is 170 Å². The highest BCUT2D eigenvalue weighted by molar-refractivity contribution is 6.04. The van der Waals surface area contributed by atoms with Gasteiger partial charge in [0.05, 0.1) is 5.39 Å². The summed E-state index contributed by atoms with van der Waals surface area (Å²) in [5, 5.41) is 8.18. The molecule has 0 unspecified atom stereocenters. The molecule has 1 aliphatic heterocycles. The number of nitrogens with zero attached hydrogens (tertiary/aromatic N) is 3. The third kappa shape index (κ3) is 4.38. The zero-order valence-electron chi connectivity index (χ0n) is 16.7. The van der Waals surface area contributed by atoms with Gasteiger partial charge in [0.1, 0.15) is 0 Å². The summed E-state index contributed by atoms with van der Waals surface area (Å²) in [4.78, 5) is 27.4. The standard InChI is InChI=1S/C23H26N4O2/c1-26-23(29)20-8-4-3-7-19(20)21(25-26)22(28)24-15-17-9-11-18(12-10-17)16-27-13-5-2-6-14-27/h3-4,7-12H,2,5-6,13-16H2,1H3,(H,24,28). The molecule has 6 nitrogen and oxygen atoms in total. The third-order valence-electron chi connectivity index (χ3n) is 5.50. The Morgan fingerprint density at radius 1 is 0.966 bits per heavy atom. The summed E-state index contributed by atoms with van der Waals surface area (Å²) in [6.07, 6.45) is 3.92. The van der Waals surface area contributed by atoms with Crippen molar-refractivity contribution in [2.75, 3.05) is 13.1 Å². The van der Waals surface area contributed by atoms with E-state index in [1.165, 1.54) is 42.6 Å². The summed E-state index contributed by atoms with van der Waals surface area (Å²) in [6.45, 7) is 3.76. The molecule has 0 atom stereocenters. The van der Waals surface area contributed by atoms with Crippen LogP contribution in [-0.2, 0) is 20.1 Å². The van der Waals surface area contributed by atoms with E-state index in [4.69, 9.17) is 0 Å². The average molecular weight is 390 g/mol. The number of likely N-dealkylation sites (tertiary alicyclic amines) is 1. The van der Waals surface area contributed by atoms with Gasteiger partial charge in [0, 0.05) is 25.5 Å². The molecule has 0 saturated carbocycles. The van der Waals surface area contributed by atoms with E-state index in [1.807, 2.05) is 0 Å². The van der Waals surface area contributed by atoms with E-state index < -0.39 is 0 Å². The number of fused-ring (bicyclic) bond motifs is 1. The van der Waals surface area contributed by atoms with E-state index in [1.54, 1.807) is 31.3 Å². The molecule has 1 aliphatic rings. The van der Waals surface area contributed by atoms with Gasteiger partial charge >= 0.3 is 0 Å². The molecule has 1 aromatic heterocycles. The van der Waals surface area contributed by atoms with Gasteiger partial charge in [0.25, 0.3) is 11.5 Å². The van der Waals surface area contributed by atoms with Gasteiger partial charge in [-0.15, -0.1) is 0 Å². The fraction of sp³-hybridized carbons (Fsp3) is 0.348. The van der Waals surface area contributed by atoms with Crippen LogP contribution in [0.4, 0.5) is 0 Å². The molecule has 3 aromatic rings. The smallest absolute Gasteiger partial charge is 0.274 e. The molecule has 1 amide bonds. The van der Waals surface area contributed by atoms with Gasteiger partial charge in [0.15, 0.2) is 5.69 Å². The van der Waals surface area contributed by atoms with Gasteiger partial charge in [-0.05, 0) is 43.1 Å². The van der Waals surface area contributed by atoms with Crippen LogP contribution in [0.1, 0.15) is 40.9 Å². The Bertz CT molecular complexity index is 1070. The predicted molar refractivity (Wildman–Crippen MR) is 114 cm³/mol. The van der Waals surface area contributed by atoms with Crippen LogP contribution in [0.25, 0.3) is 10.8 Å². The summed E-state index contributed by atoms with van der Waals surface area (Å²) in [6, 6.07) is 15.5.